The van der Waals surface area contributed by atoms with Gasteiger partial charge in [0.25, 0.3) is 5.91 Å². The molecule has 35 heavy (non-hydrogen) atoms. The monoisotopic (exact) mass is 517 g/mol. The van der Waals surface area contributed by atoms with Gasteiger partial charge >= 0.3 is 17.1 Å². The van der Waals surface area contributed by atoms with E-state index in [0.717, 1.165) is 12.6 Å². The standard InChI is InChI=1S/2C12H10N2O.C2H4O2.Cu/c2*15-12(11-8-4-5-9-13-11)14-10-6-2-1-3-7-10;1-2(3)4;/h2*1-9H,(H,14,15);1H3,(H,3,4);/q;;;+2/p-2. The van der Waals surface area contributed by atoms with E-state index < -0.39 is 5.97 Å². The number of aromatic nitrogens is 2. The molecule has 181 valence electrons. The molecule has 0 saturated carbocycles. The minimum Gasteiger partial charge on any atom is -0.857 e. The molecule has 2 heterocycles. The molecule has 4 rings (SSSR count). The molecule has 0 aliphatic rings. The molecule has 0 fully saturated rings. The van der Waals surface area contributed by atoms with Crippen LogP contribution in [0.15, 0.2) is 114 Å². The SMILES string of the molecule is CC(=O)[O-].O=C(Nc1ccccc1)c1ccccn1.[Cu+2].[O-]C(=Nc1ccccc1)c1ccccn1. The fourth-order valence-corrected chi connectivity index (χ4v) is 2.38. The predicted molar refractivity (Wildman–Crippen MR) is 126 cm³/mol. The first-order valence-corrected chi connectivity index (χ1v) is 10.1. The van der Waals surface area contributed by atoms with Gasteiger partial charge in [0.2, 0.25) is 0 Å². The minimum absolute atomic E-state index is 0. The van der Waals surface area contributed by atoms with Gasteiger partial charge in [-0.1, -0.05) is 48.5 Å². The van der Waals surface area contributed by atoms with E-state index in [1.54, 1.807) is 60.9 Å². The molecule has 2 aromatic heterocycles. The van der Waals surface area contributed by atoms with Crippen molar-refractivity contribution >= 4 is 29.1 Å². The Balaban J connectivity index is 0.000000297. The van der Waals surface area contributed by atoms with E-state index in [9.17, 15) is 9.90 Å². The Morgan fingerprint density at radius 2 is 1.17 bits per heavy atom. The smallest absolute Gasteiger partial charge is 0.857 e. The average Bonchev–Trinajstić information content (AvgIpc) is 2.86. The van der Waals surface area contributed by atoms with Crippen molar-refractivity contribution < 1.29 is 36.9 Å². The molecule has 0 unspecified atom stereocenters. The number of nitrogens with one attached hydrogen (secondary N) is 1. The number of pyridine rings is 2. The third-order valence-electron chi connectivity index (χ3n) is 3.80. The number of carboxylic acids is 1. The predicted octanol–water partition coefficient (Wildman–Crippen LogP) is 2.61. The Morgan fingerprint density at radius 1 is 0.714 bits per heavy atom. The second-order valence-electron chi connectivity index (χ2n) is 6.49. The van der Waals surface area contributed by atoms with Gasteiger partial charge in [-0.25, -0.2) is 0 Å². The molecular weight excluding hydrogens is 496 g/mol. The Bertz CT molecular complexity index is 1170. The van der Waals surface area contributed by atoms with Crippen molar-refractivity contribution in [2.24, 2.45) is 4.99 Å². The van der Waals surface area contributed by atoms with Gasteiger partial charge in [-0.05, 0) is 55.5 Å². The second-order valence-corrected chi connectivity index (χ2v) is 6.49. The molecule has 2 aromatic carbocycles. The van der Waals surface area contributed by atoms with Crippen molar-refractivity contribution in [1.29, 1.82) is 0 Å². The van der Waals surface area contributed by atoms with Gasteiger partial charge < -0.3 is 20.3 Å². The summed E-state index contributed by atoms with van der Waals surface area (Å²) >= 11 is 0. The summed E-state index contributed by atoms with van der Waals surface area (Å²) in [5, 5.41) is 23.2. The quantitative estimate of drug-likeness (QED) is 0.251. The van der Waals surface area contributed by atoms with Crippen molar-refractivity contribution in [3.63, 3.8) is 0 Å². The molecule has 1 radical (unpaired) electrons. The van der Waals surface area contributed by atoms with E-state index in [1.807, 2.05) is 48.5 Å². The van der Waals surface area contributed by atoms with Crippen molar-refractivity contribution in [1.82, 2.24) is 9.97 Å². The zero-order valence-corrected chi connectivity index (χ0v) is 19.6. The third kappa shape index (κ3) is 11.9. The first-order valence-electron chi connectivity index (χ1n) is 10.1. The summed E-state index contributed by atoms with van der Waals surface area (Å²) < 4.78 is 0. The summed E-state index contributed by atoms with van der Waals surface area (Å²) in [5.41, 5.74) is 2.20. The van der Waals surface area contributed by atoms with E-state index in [0.29, 0.717) is 17.1 Å². The molecule has 0 bridgehead atoms. The maximum Gasteiger partial charge on any atom is 2.00 e. The van der Waals surface area contributed by atoms with Crippen LogP contribution >= 0.6 is 0 Å². The Morgan fingerprint density at radius 3 is 1.66 bits per heavy atom. The summed E-state index contributed by atoms with van der Waals surface area (Å²) in [4.78, 5) is 32.4. The molecule has 0 saturated heterocycles. The maximum absolute atomic E-state index is 11.6. The average molecular weight is 518 g/mol. The van der Waals surface area contributed by atoms with Gasteiger partial charge in [0, 0.05) is 29.9 Å². The number of carbonyl (C=O) groups is 2. The molecule has 0 aliphatic carbocycles. The minimum atomic E-state index is -1.08. The van der Waals surface area contributed by atoms with E-state index >= 15 is 0 Å². The van der Waals surface area contributed by atoms with Gasteiger partial charge in [-0.2, -0.15) is 0 Å². The number of hydrogen-bond donors (Lipinski definition) is 1. The van der Waals surface area contributed by atoms with Crippen LogP contribution in [0.1, 0.15) is 23.1 Å². The van der Waals surface area contributed by atoms with Crippen LogP contribution in [0.25, 0.3) is 0 Å². The summed E-state index contributed by atoms with van der Waals surface area (Å²) in [6, 6.07) is 28.8. The van der Waals surface area contributed by atoms with Gasteiger partial charge in [-0.15, -0.1) is 0 Å². The molecule has 9 heteroatoms. The zero-order chi connectivity index (χ0) is 24.6. The molecule has 0 spiro atoms. The number of nitrogens with zero attached hydrogens (tertiary/aromatic N) is 3. The van der Waals surface area contributed by atoms with E-state index in [-0.39, 0.29) is 28.9 Å². The maximum atomic E-state index is 11.6. The molecule has 1 amide bonds. The summed E-state index contributed by atoms with van der Waals surface area (Å²) in [6.45, 7) is 0.972. The van der Waals surface area contributed by atoms with Crippen molar-refractivity contribution in [2.45, 2.75) is 6.92 Å². The number of hydrogen-bond acceptors (Lipinski definition) is 7. The van der Waals surface area contributed by atoms with Crippen LogP contribution in [0, 0.1) is 0 Å². The van der Waals surface area contributed by atoms with Crippen LogP contribution in [0.5, 0.6) is 0 Å². The fraction of sp³-hybridized carbons (Fsp3) is 0.0385. The fourth-order valence-electron chi connectivity index (χ4n) is 2.38. The second kappa shape index (κ2) is 16.3. The Kier molecular flexibility index (Phi) is 13.4. The van der Waals surface area contributed by atoms with E-state index in [4.69, 9.17) is 9.90 Å². The Labute approximate surface area is 213 Å². The van der Waals surface area contributed by atoms with Crippen LogP contribution in [-0.2, 0) is 21.9 Å². The van der Waals surface area contributed by atoms with Crippen molar-refractivity contribution in [3.05, 3.63) is 121 Å². The molecule has 1 N–H and O–H groups in total. The molecule has 8 nitrogen and oxygen atoms in total. The van der Waals surface area contributed by atoms with Crippen LogP contribution in [0.4, 0.5) is 11.4 Å². The summed E-state index contributed by atoms with van der Waals surface area (Å²) in [7, 11) is 0. The summed E-state index contributed by atoms with van der Waals surface area (Å²) in [6.07, 6.45) is 3.17. The molecule has 0 aliphatic heterocycles. The third-order valence-corrected chi connectivity index (χ3v) is 3.80. The number of aliphatic imine (C=N–C) groups is 1. The Hall–Kier alpha value is -4.33. The normalized spacial score (nSPS) is 9.69. The number of anilines is 1. The van der Waals surface area contributed by atoms with E-state index in [2.05, 4.69) is 20.3 Å². The van der Waals surface area contributed by atoms with Crippen molar-refractivity contribution in [2.75, 3.05) is 5.32 Å². The number of amides is 1. The number of carboxylic acid groups (broad SMARTS) is 1. The number of aliphatic carboxylic acids is 1. The number of rotatable bonds is 4. The molecule has 0 atom stereocenters. The zero-order valence-electron chi connectivity index (χ0n) is 18.7. The molecule has 4 aromatic rings. The summed E-state index contributed by atoms with van der Waals surface area (Å²) in [5.74, 6) is -1.59. The molecular formula is C26H22CuN4O4. The van der Waals surface area contributed by atoms with E-state index in [1.165, 1.54) is 0 Å². The van der Waals surface area contributed by atoms with Gasteiger partial charge in [0.15, 0.2) is 0 Å². The van der Waals surface area contributed by atoms with Gasteiger partial charge in [0.05, 0.1) is 11.4 Å². The van der Waals surface area contributed by atoms with Gasteiger partial charge in [0.1, 0.15) is 5.69 Å². The number of para-hydroxylation sites is 2. The van der Waals surface area contributed by atoms with Crippen molar-refractivity contribution in [3.8, 4) is 0 Å². The van der Waals surface area contributed by atoms with Crippen LogP contribution in [-0.4, -0.2) is 27.7 Å². The number of benzene rings is 2. The van der Waals surface area contributed by atoms with Crippen LogP contribution in [0.3, 0.4) is 0 Å². The van der Waals surface area contributed by atoms with Crippen LogP contribution < -0.4 is 15.5 Å². The first-order chi connectivity index (χ1) is 16.5. The van der Waals surface area contributed by atoms with Gasteiger partial charge in [-0.3, -0.25) is 19.8 Å². The topological polar surface area (TPSA) is 130 Å². The largest absolute Gasteiger partial charge is 2.00 e. The first kappa shape index (κ1) is 28.7. The number of carbonyl (C=O) groups excluding carboxylic acids is 2. The van der Waals surface area contributed by atoms with Crippen LogP contribution in [0.2, 0.25) is 0 Å².